The Morgan fingerprint density at radius 2 is 1.84 bits per heavy atom. The smallest absolute Gasteiger partial charge is 0.326 e. The number of hydrogen-bond donors (Lipinski definition) is 2. The Kier molecular flexibility index (Phi) is 9.08. The van der Waals surface area contributed by atoms with Crippen LogP contribution in [0.5, 0.6) is 5.75 Å². The fourth-order valence-corrected chi connectivity index (χ4v) is 3.62. The van der Waals surface area contributed by atoms with Gasteiger partial charge in [0.05, 0.1) is 5.75 Å². The monoisotopic (exact) mass is 465 g/mol. The fourth-order valence-electron chi connectivity index (χ4n) is 2.54. The average molecular weight is 466 g/mol. The maximum Gasteiger partial charge on any atom is 0.326 e. The van der Waals surface area contributed by atoms with E-state index in [0.29, 0.717) is 22.9 Å². The summed E-state index contributed by atoms with van der Waals surface area (Å²) < 4.78 is 28.8. The first-order valence-corrected chi connectivity index (χ1v) is 11.8. The highest BCUT2D eigenvalue weighted by molar-refractivity contribution is 7.91. The molecule has 0 aliphatic carbocycles. The van der Waals surface area contributed by atoms with Gasteiger partial charge in [-0.3, -0.25) is 4.79 Å². The minimum absolute atomic E-state index is 0.0781. The van der Waals surface area contributed by atoms with E-state index in [1.165, 1.54) is 19.1 Å². The van der Waals surface area contributed by atoms with Gasteiger partial charge in [-0.25, -0.2) is 13.2 Å². The van der Waals surface area contributed by atoms with Gasteiger partial charge in [-0.05, 0) is 36.3 Å². The molecule has 166 valence electrons. The number of carboxylic acid groups (broad SMARTS) is 1. The Morgan fingerprint density at radius 1 is 1.16 bits per heavy atom. The largest absolute Gasteiger partial charge is 0.489 e. The van der Waals surface area contributed by atoms with E-state index in [9.17, 15) is 23.1 Å². The number of nitrogens with one attached hydrogen (secondary N) is 1. The van der Waals surface area contributed by atoms with Crippen molar-refractivity contribution >= 4 is 39.4 Å². The van der Waals surface area contributed by atoms with Crippen molar-refractivity contribution in [1.82, 2.24) is 5.32 Å². The van der Waals surface area contributed by atoms with Crippen molar-refractivity contribution in [3.05, 3.63) is 70.8 Å². The standard InChI is InChI=1S/C22H24ClNO6S/c1-2-31(28,29)14-13-20(22(26)27)24-21(25)12-9-16-7-10-18(11-8-16)30-15-17-5-3-4-6-19(17)23/h3-12,20H,2,13-15H2,1H3,(H,24,25)(H,26,27)/b12-9+. The van der Waals surface area contributed by atoms with E-state index in [1.54, 1.807) is 30.3 Å². The van der Waals surface area contributed by atoms with E-state index >= 15 is 0 Å². The first kappa shape index (κ1) is 24.4. The Morgan fingerprint density at radius 3 is 2.45 bits per heavy atom. The topological polar surface area (TPSA) is 110 Å². The fraction of sp³-hybridized carbons (Fsp3) is 0.273. The Bertz CT molecular complexity index is 1030. The van der Waals surface area contributed by atoms with Gasteiger partial charge in [-0.1, -0.05) is 48.9 Å². The van der Waals surface area contributed by atoms with Crippen LogP contribution in [0.4, 0.5) is 0 Å². The number of benzene rings is 2. The van der Waals surface area contributed by atoms with E-state index in [-0.39, 0.29) is 17.9 Å². The number of carbonyl (C=O) groups is 2. The minimum atomic E-state index is -3.32. The van der Waals surface area contributed by atoms with E-state index in [0.717, 1.165) is 5.56 Å². The third kappa shape index (κ3) is 8.43. The summed E-state index contributed by atoms with van der Waals surface area (Å²) in [6, 6.07) is 13.1. The van der Waals surface area contributed by atoms with Crippen LogP contribution in [-0.4, -0.2) is 42.9 Å². The number of hydrogen-bond acceptors (Lipinski definition) is 5. The van der Waals surface area contributed by atoms with Gasteiger partial charge in [0.2, 0.25) is 5.91 Å². The van der Waals surface area contributed by atoms with Gasteiger partial charge in [0.1, 0.15) is 28.2 Å². The van der Waals surface area contributed by atoms with Gasteiger partial charge in [0.25, 0.3) is 0 Å². The minimum Gasteiger partial charge on any atom is -0.489 e. The van der Waals surface area contributed by atoms with Crippen LogP contribution in [0.25, 0.3) is 6.08 Å². The van der Waals surface area contributed by atoms with E-state index < -0.39 is 27.8 Å². The number of carbonyl (C=O) groups excluding carboxylic acids is 1. The summed E-state index contributed by atoms with van der Waals surface area (Å²) in [5.41, 5.74) is 1.57. The Labute approximate surface area is 186 Å². The van der Waals surface area contributed by atoms with Gasteiger partial charge in [0.15, 0.2) is 0 Å². The van der Waals surface area contributed by atoms with Crippen molar-refractivity contribution in [2.75, 3.05) is 11.5 Å². The molecule has 0 bridgehead atoms. The van der Waals surface area contributed by atoms with Crippen molar-refractivity contribution in [3.63, 3.8) is 0 Å². The van der Waals surface area contributed by atoms with Crippen molar-refractivity contribution in [1.29, 1.82) is 0 Å². The number of halogens is 1. The number of carboxylic acids is 1. The molecule has 0 aromatic heterocycles. The molecule has 0 heterocycles. The summed E-state index contributed by atoms with van der Waals surface area (Å²) in [4.78, 5) is 23.3. The third-order valence-electron chi connectivity index (χ3n) is 4.43. The molecule has 0 saturated carbocycles. The predicted molar refractivity (Wildman–Crippen MR) is 120 cm³/mol. The molecule has 2 aromatic carbocycles. The van der Waals surface area contributed by atoms with E-state index in [4.69, 9.17) is 16.3 Å². The highest BCUT2D eigenvalue weighted by Crippen LogP contribution is 2.19. The molecule has 0 aliphatic heterocycles. The summed E-state index contributed by atoms with van der Waals surface area (Å²) in [6.45, 7) is 1.81. The van der Waals surface area contributed by atoms with Crippen molar-refractivity contribution in [3.8, 4) is 5.75 Å². The summed E-state index contributed by atoms with van der Waals surface area (Å²) in [6.07, 6.45) is 2.53. The van der Waals surface area contributed by atoms with Crippen LogP contribution in [0.15, 0.2) is 54.6 Å². The number of amides is 1. The van der Waals surface area contributed by atoms with Crippen LogP contribution < -0.4 is 10.1 Å². The highest BCUT2D eigenvalue weighted by Gasteiger charge is 2.21. The first-order valence-electron chi connectivity index (χ1n) is 9.58. The molecule has 1 atom stereocenters. The van der Waals surface area contributed by atoms with Crippen molar-refractivity contribution < 1.29 is 27.9 Å². The van der Waals surface area contributed by atoms with Gasteiger partial charge >= 0.3 is 5.97 Å². The van der Waals surface area contributed by atoms with Crippen LogP contribution in [0.3, 0.4) is 0 Å². The van der Waals surface area contributed by atoms with Crippen molar-refractivity contribution in [2.24, 2.45) is 0 Å². The van der Waals surface area contributed by atoms with Crippen LogP contribution in [0.1, 0.15) is 24.5 Å². The lowest BCUT2D eigenvalue weighted by Gasteiger charge is -2.13. The Hall–Kier alpha value is -2.84. The zero-order chi connectivity index (χ0) is 22.9. The van der Waals surface area contributed by atoms with Gasteiger partial charge in [-0.15, -0.1) is 0 Å². The molecule has 31 heavy (non-hydrogen) atoms. The molecular formula is C22H24ClNO6S. The summed E-state index contributed by atoms with van der Waals surface area (Å²) in [7, 11) is -3.32. The molecule has 9 heteroatoms. The summed E-state index contributed by atoms with van der Waals surface area (Å²) >= 11 is 6.10. The molecular weight excluding hydrogens is 442 g/mol. The zero-order valence-corrected chi connectivity index (χ0v) is 18.5. The summed E-state index contributed by atoms with van der Waals surface area (Å²) in [5.74, 6) is -1.66. The lowest BCUT2D eigenvalue weighted by Crippen LogP contribution is -2.41. The van der Waals surface area contributed by atoms with Gasteiger partial charge < -0.3 is 15.2 Å². The normalized spacial score (nSPS) is 12.5. The molecule has 0 fully saturated rings. The molecule has 7 nitrogen and oxygen atoms in total. The molecule has 0 saturated heterocycles. The van der Waals surface area contributed by atoms with Crippen LogP contribution in [0, 0.1) is 0 Å². The molecule has 0 radical (unpaired) electrons. The van der Waals surface area contributed by atoms with Gasteiger partial charge in [0, 0.05) is 22.4 Å². The highest BCUT2D eigenvalue weighted by atomic mass is 35.5. The van der Waals surface area contributed by atoms with Gasteiger partial charge in [-0.2, -0.15) is 0 Å². The molecule has 1 unspecified atom stereocenters. The second kappa shape index (κ2) is 11.5. The third-order valence-corrected chi connectivity index (χ3v) is 6.54. The zero-order valence-electron chi connectivity index (χ0n) is 17.0. The molecule has 1 amide bonds. The average Bonchev–Trinajstić information content (AvgIpc) is 2.75. The second-order valence-electron chi connectivity index (χ2n) is 6.71. The molecule has 2 N–H and O–H groups in total. The number of aliphatic carboxylic acids is 1. The van der Waals surface area contributed by atoms with Crippen LogP contribution >= 0.6 is 11.6 Å². The quantitative estimate of drug-likeness (QED) is 0.492. The number of sulfone groups is 1. The first-order chi connectivity index (χ1) is 14.7. The number of ether oxygens (including phenoxy) is 1. The summed E-state index contributed by atoms with van der Waals surface area (Å²) in [5, 5.41) is 12.1. The molecule has 0 aliphatic rings. The molecule has 2 rings (SSSR count). The van der Waals surface area contributed by atoms with E-state index in [2.05, 4.69) is 5.32 Å². The molecule has 2 aromatic rings. The predicted octanol–water partition coefficient (Wildman–Crippen LogP) is 3.33. The van der Waals surface area contributed by atoms with Crippen molar-refractivity contribution in [2.45, 2.75) is 26.0 Å². The maximum atomic E-state index is 12.0. The lowest BCUT2D eigenvalue weighted by molar-refractivity contribution is -0.141. The molecule has 0 spiro atoms. The van der Waals surface area contributed by atoms with Crippen LogP contribution in [-0.2, 0) is 26.0 Å². The SMILES string of the molecule is CCS(=O)(=O)CCC(NC(=O)/C=C/c1ccc(OCc2ccccc2Cl)cc1)C(=O)O. The number of rotatable bonds is 11. The van der Waals surface area contributed by atoms with Crippen LogP contribution in [0.2, 0.25) is 5.02 Å². The van der Waals surface area contributed by atoms with E-state index in [1.807, 2.05) is 18.2 Å². The Balaban J connectivity index is 1.89. The maximum absolute atomic E-state index is 12.0. The lowest BCUT2D eigenvalue weighted by atomic mass is 10.2. The second-order valence-corrected chi connectivity index (χ2v) is 9.59.